The lowest BCUT2D eigenvalue weighted by molar-refractivity contribution is -0.137. The standard InChI is InChI=1S/C22H16BrF3N2/c23-18-11-9-15(10-12-18)20-14-21(16-5-2-1-3-6-16)28(27-20)19-8-4-7-17(13-19)22(24,25)26/h1-13,21H,14H2. The van der Waals surface area contributed by atoms with Crippen molar-refractivity contribution in [3.05, 3.63) is 100 Å². The first-order valence-corrected chi connectivity index (χ1v) is 9.56. The fraction of sp³-hybridized carbons (Fsp3) is 0.136. The molecule has 3 aromatic carbocycles. The van der Waals surface area contributed by atoms with E-state index < -0.39 is 11.7 Å². The Hall–Kier alpha value is -2.60. The van der Waals surface area contributed by atoms with E-state index in [4.69, 9.17) is 5.10 Å². The van der Waals surface area contributed by atoms with Gasteiger partial charge in [0.15, 0.2) is 0 Å². The van der Waals surface area contributed by atoms with Crippen molar-refractivity contribution in [2.24, 2.45) is 5.10 Å². The maximum absolute atomic E-state index is 13.2. The van der Waals surface area contributed by atoms with Crippen molar-refractivity contribution in [3.63, 3.8) is 0 Å². The van der Waals surface area contributed by atoms with E-state index in [9.17, 15) is 13.2 Å². The van der Waals surface area contributed by atoms with Crippen molar-refractivity contribution in [1.82, 2.24) is 0 Å². The van der Waals surface area contributed by atoms with E-state index in [1.54, 1.807) is 11.1 Å². The fourth-order valence-corrected chi connectivity index (χ4v) is 3.59. The average molecular weight is 445 g/mol. The van der Waals surface area contributed by atoms with E-state index in [-0.39, 0.29) is 6.04 Å². The molecular formula is C22H16BrF3N2. The van der Waals surface area contributed by atoms with Crippen LogP contribution in [-0.4, -0.2) is 5.71 Å². The summed E-state index contributed by atoms with van der Waals surface area (Å²) in [5, 5.41) is 6.40. The highest BCUT2D eigenvalue weighted by atomic mass is 79.9. The zero-order valence-electron chi connectivity index (χ0n) is 14.7. The zero-order chi connectivity index (χ0) is 19.7. The predicted octanol–water partition coefficient (Wildman–Crippen LogP) is 6.82. The minimum Gasteiger partial charge on any atom is -0.257 e. The highest BCUT2D eigenvalue weighted by molar-refractivity contribution is 9.10. The lowest BCUT2D eigenvalue weighted by Gasteiger charge is -2.24. The number of benzene rings is 3. The van der Waals surface area contributed by atoms with Gasteiger partial charge in [0.2, 0.25) is 0 Å². The lowest BCUT2D eigenvalue weighted by Crippen LogP contribution is -2.19. The fourth-order valence-electron chi connectivity index (χ4n) is 3.32. The maximum atomic E-state index is 13.2. The van der Waals surface area contributed by atoms with Gasteiger partial charge in [0.05, 0.1) is 23.0 Å². The summed E-state index contributed by atoms with van der Waals surface area (Å²) in [6.07, 6.45) is -3.78. The van der Waals surface area contributed by atoms with Gasteiger partial charge in [0.25, 0.3) is 0 Å². The SMILES string of the molecule is FC(F)(F)c1cccc(N2N=C(c3ccc(Br)cc3)CC2c2ccccc2)c1. The highest BCUT2D eigenvalue weighted by Crippen LogP contribution is 2.39. The summed E-state index contributed by atoms with van der Waals surface area (Å²) in [6, 6.07) is 22.7. The van der Waals surface area contributed by atoms with Gasteiger partial charge in [-0.25, -0.2) is 0 Å². The number of halogens is 4. The van der Waals surface area contributed by atoms with Gasteiger partial charge in [-0.15, -0.1) is 0 Å². The van der Waals surface area contributed by atoms with Gasteiger partial charge in [-0.2, -0.15) is 18.3 Å². The number of rotatable bonds is 3. The predicted molar refractivity (Wildman–Crippen MR) is 108 cm³/mol. The maximum Gasteiger partial charge on any atom is 0.416 e. The number of hydrogen-bond acceptors (Lipinski definition) is 2. The van der Waals surface area contributed by atoms with Crippen molar-refractivity contribution in [1.29, 1.82) is 0 Å². The summed E-state index contributed by atoms with van der Waals surface area (Å²) in [7, 11) is 0. The Morgan fingerprint density at radius 3 is 2.29 bits per heavy atom. The van der Waals surface area contributed by atoms with E-state index >= 15 is 0 Å². The largest absolute Gasteiger partial charge is 0.416 e. The molecule has 0 saturated carbocycles. The molecule has 0 aliphatic carbocycles. The molecule has 0 spiro atoms. The first-order valence-electron chi connectivity index (χ1n) is 8.77. The van der Waals surface area contributed by atoms with Gasteiger partial charge in [-0.3, -0.25) is 5.01 Å². The third kappa shape index (κ3) is 3.83. The second-order valence-corrected chi connectivity index (χ2v) is 7.49. The molecule has 0 N–H and O–H groups in total. The molecule has 0 radical (unpaired) electrons. The molecule has 6 heteroatoms. The third-order valence-corrected chi connectivity index (χ3v) is 5.24. The molecule has 4 rings (SSSR count). The van der Waals surface area contributed by atoms with Crippen LogP contribution in [0.1, 0.15) is 29.2 Å². The van der Waals surface area contributed by atoms with Crippen LogP contribution in [0.5, 0.6) is 0 Å². The molecule has 1 heterocycles. The first-order chi connectivity index (χ1) is 13.4. The van der Waals surface area contributed by atoms with Gasteiger partial charge in [-0.1, -0.05) is 64.5 Å². The second kappa shape index (κ2) is 7.43. The zero-order valence-corrected chi connectivity index (χ0v) is 16.3. The monoisotopic (exact) mass is 444 g/mol. The van der Waals surface area contributed by atoms with Gasteiger partial charge < -0.3 is 0 Å². The molecule has 0 saturated heterocycles. The van der Waals surface area contributed by atoms with E-state index in [2.05, 4.69) is 15.9 Å². The van der Waals surface area contributed by atoms with E-state index in [1.165, 1.54) is 6.07 Å². The minimum absolute atomic E-state index is 0.164. The number of nitrogens with zero attached hydrogens (tertiary/aromatic N) is 2. The lowest BCUT2D eigenvalue weighted by atomic mass is 9.98. The highest BCUT2D eigenvalue weighted by Gasteiger charge is 2.33. The molecular weight excluding hydrogens is 429 g/mol. The molecule has 0 aromatic heterocycles. The topological polar surface area (TPSA) is 15.6 Å². The van der Waals surface area contributed by atoms with Crippen LogP contribution in [0.25, 0.3) is 0 Å². The Morgan fingerprint density at radius 1 is 0.893 bits per heavy atom. The quantitative estimate of drug-likeness (QED) is 0.432. The van der Waals surface area contributed by atoms with Crippen molar-refractivity contribution in [3.8, 4) is 0 Å². The minimum atomic E-state index is -4.39. The number of hydrazone groups is 1. The summed E-state index contributed by atoms with van der Waals surface area (Å²) in [4.78, 5) is 0. The molecule has 0 amide bonds. The summed E-state index contributed by atoms with van der Waals surface area (Å²) in [6.45, 7) is 0. The number of alkyl halides is 3. The van der Waals surface area contributed by atoms with Crippen molar-refractivity contribution >= 4 is 27.3 Å². The van der Waals surface area contributed by atoms with Crippen LogP contribution in [0.3, 0.4) is 0 Å². The smallest absolute Gasteiger partial charge is 0.257 e. The summed E-state index contributed by atoms with van der Waals surface area (Å²) < 4.78 is 40.5. The Morgan fingerprint density at radius 2 is 1.61 bits per heavy atom. The molecule has 28 heavy (non-hydrogen) atoms. The van der Waals surface area contributed by atoms with E-state index in [1.807, 2.05) is 54.6 Å². The van der Waals surface area contributed by atoms with Crippen LogP contribution < -0.4 is 5.01 Å². The first kappa shape index (κ1) is 18.7. The molecule has 1 aliphatic rings. The van der Waals surface area contributed by atoms with Crippen LogP contribution in [0, 0.1) is 0 Å². The van der Waals surface area contributed by atoms with Crippen LogP contribution >= 0.6 is 15.9 Å². The molecule has 142 valence electrons. The van der Waals surface area contributed by atoms with Crippen molar-refractivity contribution < 1.29 is 13.2 Å². The molecule has 1 unspecified atom stereocenters. The summed E-state index contributed by atoms with van der Waals surface area (Å²) in [5.74, 6) is 0. The van der Waals surface area contributed by atoms with Crippen LogP contribution in [0.4, 0.5) is 18.9 Å². The molecule has 1 aliphatic heterocycles. The average Bonchev–Trinajstić information content (AvgIpc) is 3.14. The third-order valence-electron chi connectivity index (χ3n) is 4.71. The van der Waals surface area contributed by atoms with E-state index in [0.29, 0.717) is 12.1 Å². The Labute approximate surface area is 169 Å². The van der Waals surface area contributed by atoms with Gasteiger partial charge in [0.1, 0.15) is 0 Å². The van der Waals surface area contributed by atoms with Crippen LogP contribution in [0.15, 0.2) is 88.4 Å². The number of hydrogen-bond donors (Lipinski definition) is 0. The second-order valence-electron chi connectivity index (χ2n) is 6.58. The molecule has 0 fully saturated rings. The van der Waals surface area contributed by atoms with Crippen molar-refractivity contribution in [2.45, 2.75) is 18.6 Å². The van der Waals surface area contributed by atoms with Gasteiger partial charge in [0, 0.05) is 10.9 Å². The molecule has 2 nitrogen and oxygen atoms in total. The molecule has 1 atom stereocenters. The Kier molecular flexibility index (Phi) is 4.98. The molecule has 0 bridgehead atoms. The summed E-state index contributed by atoms with van der Waals surface area (Å²) >= 11 is 3.42. The number of anilines is 1. The Balaban J connectivity index is 1.77. The van der Waals surface area contributed by atoms with Gasteiger partial charge in [-0.05, 0) is 41.5 Å². The summed E-state index contributed by atoms with van der Waals surface area (Å²) in [5.41, 5.74) is 2.56. The molecule has 3 aromatic rings. The normalized spacial score (nSPS) is 16.9. The Bertz CT molecular complexity index is 998. The van der Waals surface area contributed by atoms with Gasteiger partial charge >= 0.3 is 6.18 Å². The van der Waals surface area contributed by atoms with E-state index in [0.717, 1.165) is 33.4 Å². The van der Waals surface area contributed by atoms with Crippen molar-refractivity contribution in [2.75, 3.05) is 5.01 Å². The van der Waals surface area contributed by atoms with Crippen LogP contribution in [-0.2, 0) is 6.18 Å². The van der Waals surface area contributed by atoms with Crippen LogP contribution in [0.2, 0.25) is 0 Å².